The number of ketones is 2. The van der Waals surface area contributed by atoms with Gasteiger partial charge in [-0.3, -0.25) is 9.59 Å². The number of nitrogens with two attached hydrogens (primary N) is 1. The van der Waals surface area contributed by atoms with E-state index in [1.165, 1.54) is 24.3 Å². The highest BCUT2D eigenvalue weighted by molar-refractivity contribution is 6.31. The van der Waals surface area contributed by atoms with Gasteiger partial charge in [0, 0.05) is 71.6 Å². The first-order valence-corrected chi connectivity index (χ1v) is 16.7. The highest BCUT2D eigenvalue weighted by Gasteiger charge is 2.49. The maximum atomic E-state index is 14.0. The van der Waals surface area contributed by atoms with Gasteiger partial charge in [-0.25, -0.2) is 0 Å². The van der Waals surface area contributed by atoms with Crippen LogP contribution < -0.4 is 10.5 Å². The Morgan fingerprint density at radius 1 is 1.02 bits per heavy atom. The summed E-state index contributed by atoms with van der Waals surface area (Å²) in [6.07, 6.45) is -3.44. The average molecular weight is 695 g/mol. The highest BCUT2D eigenvalue weighted by Crippen LogP contribution is 2.52. The van der Waals surface area contributed by atoms with E-state index >= 15 is 0 Å². The van der Waals surface area contributed by atoms with E-state index in [2.05, 4.69) is 10.2 Å². The molecule has 14 nitrogen and oxygen atoms in total. The van der Waals surface area contributed by atoms with Gasteiger partial charge in [0.15, 0.2) is 12.1 Å². The van der Waals surface area contributed by atoms with E-state index in [4.69, 9.17) is 19.9 Å². The lowest BCUT2D eigenvalue weighted by molar-refractivity contribution is -0.245. The molecule has 0 amide bonds. The second kappa shape index (κ2) is 12.5. The van der Waals surface area contributed by atoms with Gasteiger partial charge in [0.05, 0.1) is 47.8 Å². The molecule has 2 heterocycles. The average Bonchev–Trinajstić information content (AvgIpc) is 3.04. The normalized spacial score (nSPS) is 30.7. The fourth-order valence-electron chi connectivity index (χ4n) is 8.01. The molecule has 0 aromatic heterocycles. The van der Waals surface area contributed by atoms with Crippen molar-refractivity contribution in [1.29, 1.82) is 0 Å². The first-order valence-electron chi connectivity index (χ1n) is 16.7. The minimum absolute atomic E-state index is 0.000790. The Labute approximate surface area is 290 Å². The fourth-order valence-corrected chi connectivity index (χ4v) is 8.01. The lowest BCUT2D eigenvalue weighted by Crippen LogP contribution is -2.59. The van der Waals surface area contributed by atoms with Crippen LogP contribution in [0.2, 0.25) is 0 Å². The number of methoxy groups -OCH3 is 1. The number of benzene rings is 2. The number of phenolic OH excluding ortho intramolecular Hbond substituents is 2. The van der Waals surface area contributed by atoms with Crippen LogP contribution in [0.1, 0.15) is 116 Å². The predicted molar refractivity (Wildman–Crippen MR) is 181 cm³/mol. The molecule has 4 aliphatic rings. The van der Waals surface area contributed by atoms with Crippen LogP contribution in [0.4, 0.5) is 0 Å². The lowest BCUT2D eigenvalue weighted by atomic mass is 9.71. The number of aliphatic hydroxyl groups excluding tert-OH is 1. The Kier molecular flexibility index (Phi) is 8.99. The molecule has 2 saturated heterocycles. The van der Waals surface area contributed by atoms with E-state index in [1.54, 1.807) is 19.9 Å². The molecule has 50 heavy (non-hydrogen) atoms. The van der Waals surface area contributed by atoms with Crippen molar-refractivity contribution in [3.63, 3.8) is 0 Å². The van der Waals surface area contributed by atoms with Gasteiger partial charge in [0.2, 0.25) is 5.78 Å². The predicted octanol–water partition coefficient (Wildman–Crippen LogP) is 3.30. The van der Waals surface area contributed by atoms with Crippen molar-refractivity contribution in [3.05, 3.63) is 51.6 Å². The molecule has 7 N–H and O–H groups in total. The molecular weight excluding hydrogens is 648 g/mol. The Hall–Kier alpha value is -3.76. The number of hydroxylamine groups is 2. The van der Waals surface area contributed by atoms with Crippen molar-refractivity contribution in [3.8, 4) is 17.2 Å². The van der Waals surface area contributed by atoms with Crippen LogP contribution in [-0.4, -0.2) is 102 Å². The number of aliphatic hydroxyl groups is 2. The van der Waals surface area contributed by atoms with Gasteiger partial charge < -0.3 is 45.6 Å². The molecule has 0 bridgehead atoms. The minimum Gasteiger partial charge on any atom is -0.507 e. The van der Waals surface area contributed by atoms with Crippen molar-refractivity contribution in [2.24, 2.45) is 15.9 Å². The number of carbonyl (C=O) groups is 2. The molecule has 14 heteroatoms. The van der Waals surface area contributed by atoms with Crippen LogP contribution in [0, 0.1) is 0 Å². The molecule has 6 unspecified atom stereocenters. The summed E-state index contributed by atoms with van der Waals surface area (Å²) in [5.74, 6) is -2.43. The van der Waals surface area contributed by atoms with Gasteiger partial charge in [-0.05, 0) is 47.6 Å². The summed E-state index contributed by atoms with van der Waals surface area (Å²) in [7, 11) is 1.36. The van der Waals surface area contributed by atoms with Crippen LogP contribution in [-0.2, 0) is 15.9 Å². The van der Waals surface area contributed by atoms with E-state index in [0.717, 1.165) is 0 Å². The van der Waals surface area contributed by atoms with Crippen molar-refractivity contribution >= 4 is 23.0 Å². The number of phenols is 2. The van der Waals surface area contributed by atoms with Crippen molar-refractivity contribution in [2.45, 2.75) is 121 Å². The van der Waals surface area contributed by atoms with Crippen LogP contribution in [0.3, 0.4) is 0 Å². The number of piperidine rings is 1. The Morgan fingerprint density at radius 3 is 2.28 bits per heavy atom. The third kappa shape index (κ3) is 5.82. The second-order valence-electron chi connectivity index (χ2n) is 15.2. The number of ether oxygens (including phenoxy) is 3. The molecule has 2 aromatic carbocycles. The summed E-state index contributed by atoms with van der Waals surface area (Å²) in [5.41, 5.74) is 3.18. The smallest absolute Gasteiger partial charge is 0.202 e. The zero-order valence-corrected chi connectivity index (χ0v) is 29.4. The maximum absolute atomic E-state index is 14.0. The van der Waals surface area contributed by atoms with E-state index < -0.39 is 81.5 Å². The third-order valence-electron chi connectivity index (χ3n) is 10.6. The van der Waals surface area contributed by atoms with Crippen molar-refractivity contribution in [1.82, 2.24) is 5.06 Å². The SMILES string of the molecule is COc1cccc2c1C(=O)c1c(O)c3c(c(O)c1C2=O)CC(O)(C(C)=NN=C1CC(C)(C)N(O)C(C)(C)C1)CC3OC1CC(N)C(O)C(C)O1. The summed E-state index contributed by atoms with van der Waals surface area (Å²) in [6.45, 7) is 10.8. The molecule has 2 aliphatic carbocycles. The van der Waals surface area contributed by atoms with E-state index in [9.17, 15) is 35.2 Å². The maximum Gasteiger partial charge on any atom is 0.202 e. The molecule has 2 aromatic rings. The number of fused-ring (bicyclic) bond motifs is 3. The first-order chi connectivity index (χ1) is 23.3. The molecular formula is C36H46N4O10. The van der Waals surface area contributed by atoms with E-state index in [-0.39, 0.29) is 53.0 Å². The number of rotatable bonds is 5. The number of nitrogens with zero attached hydrogens (tertiary/aromatic N) is 3. The van der Waals surface area contributed by atoms with Crippen LogP contribution in [0.15, 0.2) is 28.4 Å². The lowest BCUT2D eigenvalue weighted by Gasteiger charge is -2.48. The highest BCUT2D eigenvalue weighted by atomic mass is 16.7. The Morgan fingerprint density at radius 2 is 1.66 bits per heavy atom. The van der Waals surface area contributed by atoms with Crippen LogP contribution in [0.5, 0.6) is 17.2 Å². The number of carbonyl (C=O) groups excluding carboxylic acids is 2. The van der Waals surface area contributed by atoms with E-state index in [1.807, 2.05) is 27.7 Å². The minimum atomic E-state index is -1.81. The molecule has 0 radical (unpaired) electrons. The largest absolute Gasteiger partial charge is 0.507 e. The van der Waals surface area contributed by atoms with Crippen LogP contribution in [0.25, 0.3) is 0 Å². The third-order valence-corrected chi connectivity index (χ3v) is 10.6. The molecule has 0 saturated carbocycles. The van der Waals surface area contributed by atoms with Crippen LogP contribution >= 0.6 is 0 Å². The number of hydrogen-bond donors (Lipinski definition) is 6. The summed E-state index contributed by atoms with van der Waals surface area (Å²) in [6, 6.07) is 3.82. The van der Waals surface area contributed by atoms with Crippen molar-refractivity contribution in [2.75, 3.05) is 7.11 Å². The zero-order valence-electron chi connectivity index (χ0n) is 29.4. The topological polar surface area (TPSA) is 217 Å². The molecule has 270 valence electrons. The Bertz CT molecular complexity index is 1790. The van der Waals surface area contributed by atoms with Gasteiger partial charge >= 0.3 is 0 Å². The summed E-state index contributed by atoms with van der Waals surface area (Å²) < 4.78 is 17.6. The summed E-state index contributed by atoms with van der Waals surface area (Å²) >= 11 is 0. The van der Waals surface area contributed by atoms with Gasteiger partial charge in [0.1, 0.15) is 22.8 Å². The molecule has 2 fully saturated rings. The number of aromatic hydroxyl groups is 2. The second-order valence-corrected chi connectivity index (χ2v) is 15.2. The summed E-state index contributed by atoms with van der Waals surface area (Å²) in [5, 5.41) is 67.3. The molecule has 2 aliphatic heterocycles. The molecule has 6 rings (SSSR count). The standard InChI is InChI=1S/C36H46N4O10/c1-16-29(41)21(37)11-24(49-16)50-23-15-36(46,17(2)38-39-18-12-34(3,4)40(47)35(5,6)13-18)14-20-26(23)33(45)28-27(31(20)43)30(42)19-9-8-10-22(48-7)25(19)32(28)44/h8-10,16,21,23-24,29,41,43,45-47H,11-15,37H2,1-7H3. The zero-order chi connectivity index (χ0) is 36.7. The monoisotopic (exact) mass is 694 g/mol. The quantitative estimate of drug-likeness (QED) is 0.129. The summed E-state index contributed by atoms with van der Waals surface area (Å²) in [4.78, 5) is 27.9. The number of hydrogen-bond acceptors (Lipinski definition) is 14. The van der Waals surface area contributed by atoms with E-state index in [0.29, 0.717) is 18.6 Å². The molecule has 0 spiro atoms. The fraction of sp³-hybridized carbons (Fsp3) is 0.556. The first kappa shape index (κ1) is 36.0. The van der Waals surface area contributed by atoms with Gasteiger partial charge in [-0.1, -0.05) is 12.1 Å². The van der Waals surface area contributed by atoms with Gasteiger partial charge in [-0.2, -0.15) is 15.3 Å². The molecule has 6 atom stereocenters. The van der Waals surface area contributed by atoms with Gasteiger partial charge in [-0.15, -0.1) is 0 Å². The van der Waals surface area contributed by atoms with Crippen molar-refractivity contribution < 1.29 is 49.4 Å². The Balaban J connectivity index is 1.46. The van der Waals surface area contributed by atoms with Gasteiger partial charge in [0.25, 0.3) is 0 Å².